The van der Waals surface area contributed by atoms with E-state index in [1.54, 1.807) is 0 Å². The molecule has 0 aliphatic carbocycles. The number of carbonyl (C=O) groups excluding carboxylic acids is 1. The molecule has 0 fully saturated rings. The third kappa shape index (κ3) is 2.49. The second kappa shape index (κ2) is 5.85. The van der Waals surface area contributed by atoms with Gasteiger partial charge in [0, 0.05) is 0 Å². The van der Waals surface area contributed by atoms with Crippen LogP contribution < -0.4 is 14.2 Å². The number of methoxy groups -OCH3 is 3. The highest BCUT2D eigenvalue weighted by Gasteiger charge is 2.30. The molecule has 0 bridgehead atoms. The van der Waals surface area contributed by atoms with Crippen LogP contribution in [-0.2, 0) is 0 Å². The summed E-state index contributed by atoms with van der Waals surface area (Å²) in [6.07, 6.45) is 0.969. The second-order valence-electron chi connectivity index (χ2n) is 3.36. The normalized spacial score (nSPS) is 9.63. The molecule has 0 heterocycles. The fraction of sp³-hybridized carbons (Fsp3) is 0.250. The van der Waals surface area contributed by atoms with Gasteiger partial charge in [0.2, 0.25) is 5.75 Å². The van der Waals surface area contributed by atoms with Gasteiger partial charge in [-0.15, -0.1) is 0 Å². The van der Waals surface area contributed by atoms with E-state index in [-0.39, 0.29) is 22.8 Å². The van der Waals surface area contributed by atoms with E-state index in [2.05, 4.69) is 6.58 Å². The molecular formula is C12H13NO6. The van der Waals surface area contributed by atoms with Gasteiger partial charge >= 0.3 is 0 Å². The number of hydrogen-bond donors (Lipinski definition) is 0. The Hall–Kier alpha value is -2.57. The standard InChI is InChI=1S/C12H13NO6/c1-5-8(14)10-7(13(15)16)6-9(17-2)11(18-3)12(10)19-4/h5-6H,1H2,2-4H3. The van der Waals surface area contributed by atoms with E-state index < -0.39 is 16.4 Å². The zero-order valence-electron chi connectivity index (χ0n) is 10.8. The molecule has 0 amide bonds. The van der Waals surface area contributed by atoms with Crippen LogP contribution in [0.15, 0.2) is 18.7 Å². The molecule has 0 aliphatic rings. The second-order valence-corrected chi connectivity index (χ2v) is 3.36. The molecule has 102 valence electrons. The van der Waals surface area contributed by atoms with E-state index in [1.165, 1.54) is 21.3 Å². The maximum Gasteiger partial charge on any atom is 0.288 e. The van der Waals surface area contributed by atoms with E-state index in [4.69, 9.17) is 14.2 Å². The molecule has 1 aromatic rings. The van der Waals surface area contributed by atoms with Crippen LogP contribution in [0, 0.1) is 10.1 Å². The van der Waals surface area contributed by atoms with Crippen molar-refractivity contribution >= 4 is 11.5 Å². The first-order valence-electron chi connectivity index (χ1n) is 5.15. The lowest BCUT2D eigenvalue weighted by molar-refractivity contribution is -0.385. The molecule has 0 saturated carbocycles. The number of benzene rings is 1. The Morgan fingerprint density at radius 2 is 1.84 bits per heavy atom. The van der Waals surface area contributed by atoms with Crippen molar-refractivity contribution in [1.82, 2.24) is 0 Å². The molecule has 0 atom stereocenters. The third-order valence-corrected chi connectivity index (χ3v) is 2.44. The zero-order valence-corrected chi connectivity index (χ0v) is 10.8. The minimum atomic E-state index is -0.693. The lowest BCUT2D eigenvalue weighted by atomic mass is 10.1. The van der Waals surface area contributed by atoms with E-state index in [0.29, 0.717) is 0 Å². The Morgan fingerprint density at radius 1 is 1.26 bits per heavy atom. The van der Waals surface area contributed by atoms with Crippen molar-refractivity contribution in [2.75, 3.05) is 21.3 Å². The Balaban J connectivity index is 3.78. The number of ketones is 1. The van der Waals surface area contributed by atoms with Gasteiger partial charge in [0.15, 0.2) is 17.3 Å². The maximum atomic E-state index is 11.8. The van der Waals surface area contributed by atoms with E-state index in [1.807, 2.05) is 0 Å². The molecule has 0 spiro atoms. The van der Waals surface area contributed by atoms with Crippen molar-refractivity contribution < 1.29 is 23.9 Å². The first kappa shape index (κ1) is 14.5. The summed E-state index contributed by atoms with van der Waals surface area (Å²) in [5.41, 5.74) is -0.653. The number of nitro benzene ring substituents is 1. The van der Waals surface area contributed by atoms with E-state index >= 15 is 0 Å². The van der Waals surface area contributed by atoms with Crippen LogP contribution in [0.25, 0.3) is 0 Å². The summed E-state index contributed by atoms with van der Waals surface area (Å²) in [4.78, 5) is 22.1. The van der Waals surface area contributed by atoms with Crippen molar-refractivity contribution in [2.24, 2.45) is 0 Å². The van der Waals surface area contributed by atoms with Crippen molar-refractivity contribution in [3.05, 3.63) is 34.4 Å². The summed E-state index contributed by atoms with van der Waals surface area (Å²) in [6, 6.07) is 1.11. The average Bonchev–Trinajstić information content (AvgIpc) is 2.43. The summed E-state index contributed by atoms with van der Waals surface area (Å²) in [6.45, 7) is 3.31. The molecule has 1 aromatic carbocycles. The minimum absolute atomic E-state index is 0.0570. The van der Waals surface area contributed by atoms with Gasteiger partial charge in [-0.05, 0) is 6.08 Å². The number of rotatable bonds is 6. The van der Waals surface area contributed by atoms with Crippen LogP contribution in [0.3, 0.4) is 0 Å². The van der Waals surface area contributed by atoms with Gasteiger partial charge in [0.1, 0.15) is 5.56 Å². The number of carbonyl (C=O) groups is 1. The largest absolute Gasteiger partial charge is 0.492 e. The summed E-state index contributed by atoms with van der Waals surface area (Å²) < 4.78 is 15.1. The number of nitro groups is 1. The average molecular weight is 267 g/mol. The number of hydrogen-bond acceptors (Lipinski definition) is 6. The van der Waals surface area contributed by atoms with Crippen molar-refractivity contribution in [1.29, 1.82) is 0 Å². The topological polar surface area (TPSA) is 87.9 Å². The van der Waals surface area contributed by atoms with E-state index in [9.17, 15) is 14.9 Å². The van der Waals surface area contributed by atoms with Gasteiger partial charge in [0.25, 0.3) is 5.69 Å². The number of nitrogens with zero attached hydrogens (tertiary/aromatic N) is 1. The van der Waals surface area contributed by atoms with Crippen molar-refractivity contribution in [3.8, 4) is 17.2 Å². The molecule has 0 aromatic heterocycles. The van der Waals surface area contributed by atoms with Gasteiger partial charge < -0.3 is 14.2 Å². The van der Waals surface area contributed by atoms with Crippen LogP contribution >= 0.6 is 0 Å². The highest BCUT2D eigenvalue weighted by molar-refractivity contribution is 6.10. The van der Waals surface area contributed by atoms with Gasteiger partial charge in [-0.2, -0.15) is 0 Å². The highest BCUT2D eigenvalue weighted by atomic mass is 16.6. The quantitative estimate of drug-likeness (QED) is 0.339. The molecule has 7 nitrogen and oxygen atoms in total. The zero-order chi connectivity index (χ0) is 14.6. The predicted molar refractivity (Wildman–Crippen MR) is 67.3 cm³/mol. The summed E-state index contributed by atoms with van der Waals surface area (Å²) in [7, 11) is 3.95. The number of allylic oxidation sites excluding steroid dienone is 1. The predicted octanol–water partition coefficient (Wildman–Crippen LogP) is 1.99. The lowest BCUT2D eigenvalue weighted by Gasteiger charge is -2.14. The van der Waals surface area contributed by atoms with Gasteiger partial charge in [-0.1, -0.05) is 6.58 Å². The van der Waals surface area contributed by atoms with Gasteiger partial charge in [-0.3, -0.25) is 14.9 Å². The number of ether oxygens (including phenoxy) is 3. The summed E-state index contributed by atoms with van der Waals surface area (Å²) >= 11 is 0. The van der Waals surface area contributed by atoms with Crippen LogP contribution in [0.1, 0.15) is 10.4 Å². The fourth-order valence-electron chi connectivity index (χ4n) is 1.63. The van der Waals surface area contributed by atoms with E-state index in [0.717, 1.165) is 12.1 Å². The van der Waals surface area contributed by atoms with Gasteiger partial charge in [-0.25, -0.2) is 0 Å². The first-order chi connectivity index (χ1) is 9.01. The SMILES string of the molecule is C=CC(=O)c1c([N+](=O)[O-])cc(OC)c(OC)c1OC. The Bertz CT molecular complexity index is 538. The van der Waals surface area contributed by atoms with Crippen LogP contribution in [0.2, 0.25) is 0 Å². The van der Waals surface area contributed by atoms with Crippen LogP contribution in [-0.4, -0.2) is 32.0 Å². The molecule has 1 rings (SSSR count). The molecule has 0 aliphatic heterocycles. The highest BCUT2D eigenvalue weighted by Crippen LogP contribution is 2.45. The third-order valence-electron chi connectivity index (χ3n) is 2.44. The first-order valence-corrected chi connectivity index (χ1v) is 5.15. The smallest absolute Gasteiger partial charge is 0.288 e. The molecule has 0 N–H and O–H groups in total. The van der Waals surface area contributed by atoms with Crippen LogP contribution in [0.4, 0.5) is 5.69 Å². The molecule has 0 saturated heterocycles. The van der Waals surface area contributed by atoms with Crippen molar-refractivity contribution in [3.63, 3.8) is 0 Å². The Morgan fingerprint density at radius 3 is 2.21 bits per heavy atom. The fourth-order valence-corrected chi connectivity index (χ4v) is 1.63. The Labute approximate surface area is 109 Å². The molecule has 7 heteroatoms. The minimum Gasteiger partial charge on any atom is -0.492 e. The molecule has 0 radical (unpaired) electrons. The Kier molecular flexibility index (Phi) is 4.46. The molecule has 0 unspecified atom stereocenters. The molecular weight excluding hydrogens is 254 g/mol. The van der Waals surface area contributed by atoms with Crippen LogP contribution in [0.5, 0.6) is 17.2 Å². The summed E-state index contributed by atoms with van der Waals surface area (Å²) in [5.74, 6) is -0.476. The van der Waals surface area contributed by atoms with Gasteiger partial charge in [0.05, 0.1) is 32.3 Å². The lowest BCUT2D eigenvalue weighted by Crippen LogP contribution is -2.07. The monoisotopic (exact) mass is 267 g/mol. The summed E-state index contributed by atoms with van der Waals surface area (Å²) in [5, 5.41) is 11.0. The molecule has 19 heavy (non-hydrogen) atoms. The van der Waals surface area contributed by atoms with Crippen molar-refractivity contribution in [2.45, 2.75) is 0 Å². The maximum absolute atomic E-state index is 11.8.